The third kappa shape index (κ3) is 4.03. The van der Waals surface area contributed by atoms with Gasteiger partial charge in [-0.25, -0.2) is 12.7 Å². The molecule has 132 valence electrons. The summed E-state index contributed by atoms with van der Waals surface area (Å²) in [7, 11) is -3.71. The summed E-state index contributed by atoms with van der Waals surface area (Å²) in [6, 6.07) is 24.0. The Morgan fingerprint density at radius 2 is 1.27 bits per heavy atom. The minimum atomic E-state index is -3.71. The fraction of sp³-hybridized carbons (Fsp3) is 0.0909. The van der Waals surface area contributed by atoms with Gasteiger partial charge >= 0.3 is 0 Å². The molecule has 0 saturated carbocycles. The minimum Gasteiger partial charge on any atom is -0.242 e. The van der Waals surface area contributed by atoms with Gasteiger partial charge in [0.25, 0.3) is 10.0 Å². The molecule has 0 aliphatic carbocycles. The molecule has 3 aromatic rings. The van der Waals surface area contributed by atoms with Gasteiger partial charge in [-0.05, 0) is 49.8 Å². The summed E-state index contributed by atoms with van der Waals surface area (Å²) >= 11 is 0. The first-order valence-corrected chi connectivity index (χ1v) is 9.82. The normalized spacial score (nSPS) is 11.6. The summed E-state index contributed by atoms with van der Waals surface area (Å²) in [6.45, 7) is 3.91. The molecule has 0 heterocycles. The Balaban J connectivity index is 2.06. The summed E-state index contributed by atoms with van der Waals surface area (Å²) in [6.07, 6.45) is 3.40. The molecule has 0 atom stereocenters. The van der Waals surface area contributed by atoms with Crippen LogP contribution in [0.4, 0.5) is 5.69 Å². The molecule has 0 aliphatic heterocycles. The fourth-order valence-corrected chi connectivity index (χ4v) is 3.87. The van der Waals surface area contributed by atoms with Gasteiger partial charge in [-0.3, -0.25) is 0 Å². The van der Waals surface area contributed by atoms with E-state index >= 15 is 0 Å². The van der Waals surface area contributed by atoms with Crippen LogP contribution in [0.25, 0.3) is 6.08 Å². The number of nitrogens with zero attached hydrogens (tertiary/aromatic N) is 1. The van der Waals surface area contributed by atoms with Crippen molar-refractivity contribution in [2.75, 3.05) is 4.31 Å². The third-order valence-corrected chi connectivity index (χ3v) is 5.79. The number of rotatable bonds is 5. The highest BCUT2D eigenvalue weighted by Gasteiger charge is 2.23. The van der Waals surface area contributed by atoms with Gasteiger partial charge < -0.3 is 0 Å². The van der Waals surface area contributed by atoms with Crippen LogP contribution in [-0.2, 0) is 10.0 Å². The quantitative estimate of drug-likeness (QED) is 0.627. The van der Waals surface area contributed by atoms with Crippen LogP contribution in [0.1, 0.15) is 16.7 Å². The first-order chi connectivity index (χ1) is 12.5. The van der Waals surface area contributed by atoms with Crippen LogP contribution in [0.2, 0.25) is 0 Å². The monoisotopic (exact) mass is 363 g/mol. The van der Waals surface area contributed by atoms with Crippen molar-refractivity contribution >= 4 is 21.8 Å². The Morgan fingerprint density at radius 3 is 1.85 bits per heavy atom. The molecule has 3 nitrogen and oxygen atoms in total. The van der Waals surface area contributed by atoms with Gasteiger partial charge in [-0.1, -0.05) is 65.7 Å². The molecule has 26 heavy (non-hydrogen) atoms. The maximum absolute atomic E-state index is 13.2. The van der Waals surface area contributed by atoms with Gasteiger partial charge in [0, 0.05) is 6.20 Å². The highest BCUT2D eigenvalue weighted by Crippen LogP contribution is 2.25. The first-order valence-electron chi connectivity index (χ1n) is 8.38. The minimum absolute atomic E-state index is 0.265. The van der Waals surface area contributed by atoms with E-state index in [2.05, 4.69) is 0 Å². The van der Waals surface area contributed by atoms with E-state index in [0.717, 1.165) is 16.7 Å². The van der Waals surface area contributed by atoms with Crippen molar-refractivity contribution in [2.45, 2.75) is 18.7 Å². The molecular weight excluding hydrogens is 342 g/mol. The number of anilines is 1. The zero-order valence-corrected chi connectivity index (χ0v) is 15.6. The van der Waals surface area contributed by atoms with E-state index in [1.165, 1.54) is 4.31 Å². The van der Waals surface area contributed by atoms with Crippen LogP contribution >= 0.6 is 0 Å². The molecule has 0 saturated heterocycles. The predicted octanol–water partition coefficient (Wildman–Crippen LogP) is 5.17. The molecule has 0 bridgehead atoms. The SMILES string of the molecule is Cc1ccc(N(/C=C\c2ccccc2)S(=O)(=O)c2ccc(C)cc2)cc1. The molecule has 0 N–H and O–H groups in total. The van der Waals surface area contributed by atoms with E-state index in [0.29, 0.717) is 5.69 Å². The van der Waals surface area contributed by atoms with E-state index in [4.69, 9.17) is 0 Å². The molecule has 0 amide bonds. The largest absolute Gasteiger partial charge is 0.268 e. The topological polar surface area (TPSA) is 37.4 Å². The van der Waals surface area contributed by atoms with E-state index in [-0.39, 0.29) is 4.90 Å². The van der Waals surface area contributed by atoms with Crippen LogP contribution in [0, 0.1) is 13.8 Å². The van der Waals surface area contributed by atoms with Crippen LogP contribution in [0.5, 0.6) is 0 Å². The lowest BCUT2D eigenvalue weighted by atomic mass is 10.2. The maximum Gasteiger partial charge on any atom is 0.268 e. The van der Waals surface area contributed by atoms with Gasteiger partial charge in [0.2, 0.25) is 0 Å². The predicted molar refractivity (Wildman–Crippen MR) is 107 cm³/mol. The highest BCUT2D eigenvalue weighted by molar-refractivity contribution is 7.93. The standard InChI is InChI=1S/C22H21NO2S/c1-18-8-12-21(13-9-18)23(17-16-20-6-4-3-5-7-20)26(24,25)22-14-10-19(2)11-15-22/h3-17H,1-2H3/b17-16-. The number of hydrogen-bond acceptors (Lipinski definition) is 2. The van der Waals surface area contributed by atoms with E-state index < -0.39 is 10.0 Å². The summed E-state index contributed by atoms with van der Waals surface area (Å²) in [5.41, 5.74) is 3.63. The third-order valence-electron chi connectivity index (χ3n) is 4.07. The van der Waals surface area contributed by atoms with Crippen LogP contribution in [-0.4, -0.2) is 8.42 Å². The smallest absolute Gasteiger partial charge is 0.242 e. The zero-order valence-electron chi connectivity index (χ0n) is 14.8. The van der Waals surface area contributed by atoms with Gasteiger partial charge in [0.05, 0.1) is 10.6 Å². The van der Waals surface area contributed by atoms with Crippen molar-refractivity contribution in [3.63, 3.8) is 0 Å². The average Bonchev–Trinajstić information content (AvgIpc) is 2.64. The van der Waals surface area contributed by atoms with Crippen molar-refractivity contribution in [1.29, 1.82) is 0 Å². The maximum atomic E-state index is 13.2. The Morgan fingerprint density at radius 1 is 0.731 bits per heavy atom. The van der Waals surface area contributed by atoms with Crippen LogP contribution in [0.15, 0.2) is 90.0 Å². The van der Waals surface area contributed by atoms with Crippen molar-refractivity contribution < 1.29 is 8.42 Å². The highest BCUT2D eigenvalue weighted by atomic mass is 32.2. The van der Waals surface area contributed by atoms with Gasteiger partial charge in [-0.2, -0.15) is 0 Å². The summed E-state index contributed by atoms with van der Waals surface area (Å²) in [4.78, 5) is 0.265. The van der Waals surface area contributed by atoms with Gasteiger partial charge in [-0.15, -0.1) is 0 Å². The van der Waals surface area contributed by atoms with Crippen molar-refractivity contribution in [3.05, 3.63) is 102 Å². The second-order valence-electron chi connectivity index (χ2n) is 6.18. The van der Waals surface area contributed by atoms with Crippen molar-refractivity contribution in [1.82, 2.24) is 0 Å². The van der Waals surface area contributed by atoms with E-state index in [9.17, 15) is 8.42 Å². The lowest BCUT2D eigenvalue weighted by Gasteiger charge is -2.21. The first kappa shape index (κ1) is 18.0. The van der Waals surface area contributed by atoms with Gasteiger partial charge in [0.1, 0.15) is 0 Å². The fourth-order valence-electron chi connectivity index (χ4n) is 2.54. The molecule has 3 aromatic carbocycles. The number of aryl methyl sites for hydroxylation is 2. The molecule has 0 unspecified atom stereocenters. The van der Waals surface area contributed by atoms with Crippen molar-refractivity contribution in [2.24, 2.45) is 0 Å². The molecule has 0 aromatic heterocycles. The second-order valence-corrected chi connectivity index (χ2v) is 7.99. The molecule has 0 radical (unpaired) electrons. The molecule has 0 aliphatic rings. The Labute approximate surface area is 155 Å². The number of benzene rings is 3. The number of sulfonamides is 1. The van der Waals surface area contributed by atoms with Crippen LogP contribution < -0.4 is 4.31 Å². The van der Waals surface area contributed by atoms with Gasteiger partial charge in [0.15, 0.2) is 0 Å². The molecule has 0 spiro atoms. The van der Waals surface area contributed by atoms with E-state index in [1.807, 2.05) is 68.4 Å². The molecular formula is C22H21NO2S. The van der Waals surface area contributed by atoms with E-state index in [1.54, 1.807) is 36.5 Å². The Kier molecular flexibility index (Phi) is 5.24. The zero-order chi connectivity index (χ0) is 18.6. The van der Waals surface area contributed by atoms with Crippen molar-refractivity contribution in [3.8, 4) is 0 Å². The second kappa shape index (κ2) is 7.58. The lowest BCUT2D eigenvalue weighted by molar-refractivity contribution is 0.596. The summed E-state index contributed by atoms with van der Waals surface area (Å²) in [5, 5.41) is 0. The molecule has 3 rings (SSSR count). The Bertz CT molecular complexity index is 990. The Hall–Kier alpha value is -2.85. The summed E-state index contributed by atoms with van der Waals surface area (Å²) < 4.78 is 27.8. The lowest BCUT2D eigenvalue weighted by Crippen LogP contribution is -2.25. The molecule has 0 fully saturated rings. The van der Waals surface area contributed by atoms with Crippen LogP contribution in [0.3, 0.4) is 0 Å². The molecule has 4 heteroatoms. The number of hydrogen-bond donors (Lipinski definition) is 0. The average molecular weight is 363 g/mol. The summed E-state index contributed by atoms with van der Waals surface area (Å²) in [5.74, 6) is 0.